The van der Waals surface area contributed by atoms with Gasteiger partial charge in [0.1, 0.15) is 11.4 Å². The van der Waals surface area contributed by atoms with Crippen molar-refractivity contribution in [3.63, 3.8) is 0 Å². The number of carbonyl (C=O) groups is 1. The Bertz CT molecular complexity index is 1100. The normalized spacial score (nSPS) is 11.0. The van der Waals surface area contributed by atoms with Crippen molar-refractivity contribution in [1.29, 1.82) is 0 Å². The van der Waals surface area contributed by atoms with Crippen molar-refractivity contribution < 1.29 is 9.53 Å². The summed E-state index contributed by atoms with van der Waals surface area (Å²) < 4.78 is 5.30. The predicted octanol–water partition coefficient (Wildman–Crippen LogP) is 4.99. The molecule has 1 amide bonds. The zero-order chi connectivity index (χ0) is 20.3. The number of ether oxygens (including phenoxy) is 1. The first-order valence-electron chi connectivity index (χ1n) is 8.02. The molecule has 0 fully saturated rings. The van der Waals surface area contributed by atoms with Gasteiger partial charge in [-0.2, -0.15) is 0 Å². The highest BCUT2D eigenvalue weighted by atomic mass is 35.5. The van der Waals surface area contributed by atoms with Crippen molar-refractivity contribution in [3.8, 4) is 5.75 Å². The maximum Gasteiger partial charge on any atom is 0.291 e. The fourth-order valence-electron chi connectivity index (χ4n) is 2.34. The van der Waals surface area contributed by atoms with Gasteiger partial charge in [-0.05, 0) is 37.3 Å². The number of rotatable bonds is 5. The maximum atomic E-state index is 12.4. The lowest BCUT2D eigenvalue weighted by molar-refractivity contribution is 0.102. The molecule has 0 saturated heterocycles. The van der Waals surface area contributed by atoms with E-state index in [1.165, 1.54) is 19.2 Å². The maximum absolute atomic E-state index is 12.4. The van der Waals surface area contributed by atoms with Crippen molar-refractivity contribution in [1.82, 2.24) is 10.2 Å². The Morgan fingerprint density at radius 2 is 1.82 bits per heavy atom. The molecular formula is C18H15Cl2N5O3. The van der Waals surface area contributed by atoms with Gasteiger partial charge in [0, 0.05) is 16.7 Å². The molecular weight excluding hydrogens is 405 g/mol. The third-order valence-electron chi connectivity index (χ3n) is 3.81. The lowest BCUT2D eigenvalue weighted by Gasteiger charge is -2.11. The molecule has 0 radical (unpaired) electrons. The minimum absolute atomic E-state index is 0.151. The average Bonchev–Trinajstić information content (AvgIpc) is 3.00. The molecule has 3 N–H and O–H groups in total. The third-order valence-corrected chi connectivity index (χ3v) is 4.38. The van der Waals surface area contributed by atoms with Crippen LogP contribution in [0.25, 0.3) is 0 Å². The number of hydrogen-bond donors (Lipinski definition) is 3. The molecule has 0 spiro atoms. The molecule has 0 saturated carbocycles. The summed E-state index contributed by atoms with van der Waals surface area (Å²) >= 11 is 12.1. The SMILES string of the molecule is COc1cc(NC(=O)c2ccc(Cl)cc2)c(Cl)cc1N=Nc1c(C)[nH][nH]c1=O. The van der Waals surface area contributed by atoms with Crippen molar-refractivity contribution in [3.05, 3.63) is 68.1 Å². The van der Waals surface area contributed by atoms with Crippen LogP contribution in [-0.2, 0) is 0 Å². The van der Waals surface area contributed by atoms with Gasteiger partial charge >= 0.3 is 0 Å². The van der Waals surface area contributed by atoms with Crippen LogP contribution in [0.15, 0.2) is 51.4 Å². The van der Waals surface area contributed by atoms with Crippen LogP contribution in [0.1, 0.15) is 16.1 Å². The van der Waals surface area contributed by atoms with Crippen LogP contribution in [0.2, 0.25) is 10.0 Å². The number of hydrogen-bond acceptors (Lipinski definition) is 5. The Hall–Kier alpha value is -3.10. The number of benzene rings is 2. The summed E-state index contributed by atoms with van der Waals surface area (Å²) in [6.45, 7) is 1.69. The number of nitrogens with one attached hydrogen (secondary N) is 3. The number of halogens is 2. The number of carbonyl (C=O) groups excluding carboxylic acids is 1. The molecule has 3 aromatic rings. The summed E-state index contributed by atoms with van der Waals surface area (Å²) in [7, 11) is 1.45. The molecule has 2 aromatic carbocycles. The lowest BCUT2D eigenvalue weighted by Crippen LogP contribution is -2.12. The van der Waals surface area contributed by atoms with E-state index in [0.29, 0.717) is 33.4 Å². The second-order valence-electron chi connectivity index (χ2n) is 5.72. The van der Waals surface area contributed by atoms with Crippen LogP contribution in [-0.4, -0.2) is 23.2 Å². The molecule has 28 heavy (non-hydrogen) atoms. The van der Waals surface area contributed by atoms with Gasteiger partial charge in [0.05, 0.1) is 23.5 Å². The molecule has 0 bridgehead atoms. The number of aromatic amines is 2. The third kappa shape index (κ3) is 4.24. The number of azo groups is 1. The number of amides is 1. The molecule has 3 rings (SSSR count). The Labute approximate surface area is 169 Å². The van der Waals surface area contributed by atoms with Crippen LogP contribution >= 0.6 is 23.2 Å². The van der Waals surface area contributed by atoms with E-state index >= 15 is 0 Å². The largest absolute Gasteiger partial charge is 0.494 e. The summed E-state index contributed by atoms with van der Waals surface area (Å²) in [6, 6.07) is 9.44. The van der Waals surface area contributed by atoms with Gasteiger partial charge in [0.25, 0.3) is 11.5 Å². The highest BCUT2D eigenvalue weighted by molar-refractivity contribution is 6.34. The van der Waals surface area contributed by atoms with Gasteiger partial charge in [-0.3, -0.25) is 14.7 Å². The van der Waals surface area contributed by atoms with E-state index < -0.39 is 5.56 Å². The smallest absolute Gasteiger partial charge is 0.291 e. The number of aromatic nitrogens is 2. The van der Waals surface area contributed by atoms with E-state index in [4.69, 9.17) is 27.9 Å². The fraction of sp³-hybridized carbons (Fsp3) is 0.111. The van der Waals surface area contributed by atoms with Gasteiger partial charge in [0.2, 0.25) is 0 Å². The van der Waals surface area contributed by atoms with Crippen molar-refractivity contribution in [2.24, 2.45) is 10.2 Å². The zero-order valence-corrected chi connectivity index (χ0v) is 16.4. The van der Waals surface area contributed by atoms with E-state index in [1.807, 2.05) is 0 Å². The van der Waals surface area contributed by atoms with Gasteiger partial charge in [-0.15, -0.1) is 10.2 Å². The summed E-state index contributed by atoms with van der Waals surface area (Å²) in [4.78, 5) is 24.0. The second kappa shape index (κ2) is 8.28. The number of aryl methyl sites for hydroxylation is 1. The highest BCUT2D eigenvalue weighted by Crippen LogP contribution is 2.37. The first kappa shape index (κ1) is 19.7. The van der Waals surface area contributed by atoms with Crippen LogP contribution in [0.3, 0.4) is 0 Å². The van der Waals surface area contributed by atoms with E-state index in [9.17, 15) is 9.59 Å². The summed E-state index contributed by atoms with van der Waals surface area (Å²) in [5.74, 6) is -0.0337. The van der Waals surface area contributed by atoms with E-state index in [0.717, 1.165) is 0 Å². The number of anilines is 1. The molecule has 1 heterocycles. The Kier molecular flexibility index (Phi) is 5.81. The predicted molar refractivity (Wildman–Crippen MR) is 108 cm³/mol. The molecule has 144 valence electrons. The Morgan fingerprint density at radius 1 is 1.11 bits per heavy atom. The first-order chi connectivity index (χ1) is 13.4. The van der Waals surface area contributed by atoms with Crippen LogP contribution < -0.4 is 15.6 Å². The van der Waals surface area contributed by atoms with Gasteiger partial charge in [0.15, 0.2) is 5.69 Å². The van der Waals surface area contributed by atoms with Crippen LogP contribution in [0.4, 0.5) is 17.1 Å². The number of H-pyrrole nitrogens is 2. The molecule has 0 aliphatic heterocycles. The summed E-state index contributed by atoms with van der Waals surface area (Å²) in [5.41, 5.74) is 1.37. The molecule has 0 atom stereocenters. The van der Waals surface area contributed by atoms with Gasteiger partial charge < -0.3 is 15.2 Å². The minimum atomic E-state index is -0.391. The second-order valence-corrected chi connectivity index (χ2v) is 6.56. The monoisotopic (exact) mass is 419 g/mol. The summed E-state index contributed by atoms with van der Waals surface area (Å²) in [6.07, 6.45) is 0. The van der Waals surface area contributed by atoms with Crippen LogP contribution in [0, 0.1) is 6.92 Å². The number of methoxy groups -OCH3 is 1. The average molecular weight is 420 g/mol. The molecule has 0 aliphatic rings. The fourth-order valence-corrected chi connectivity index (χ4v) is 2.67. The van der Waals surface area contributed by atoms with E-state index in [-0.39, 0.29) is 16.6 Å². The van der Waals surface area contributed by atoms with Gasteiger partial charge in [-0.1, -0.05) is 23.2 Å². The number of nitrogens with zero attached hydrogens (tertiary/aromatic N) is 2. The quantitative estimate of drug-likeness (QED) is 0.505. The van der Waals surface area contributed by atoms with Crippen molar-refractivity contribution in [2.75, 3.05) is 12.4 Å². The molecule has 8 nitrogen and oxygen atoms in total. The van der Waals surface area contributed by atoms with Gasteiger partial charge in [-0.25, -0.2) is 0 Å². The Balaban J connectivity index is 1.88. The molecule has 10 heteroatoms. The van der Waals surface area contributed by atoms with Crippen LogP contribution in [0.5, 0.6) is 5.75 Å². The zero-order valence-electron chi connectivity index (χ0n) is 14.8. The first-order valence-corrected chi connectivity index (χ1v) is 8.78. The Morgan fingerprint density at radius 3 is 2.43 bits per heavy atom. The standard InChI is InChI=1S/C18H15Cl2N5O3/c1-9-16(18(27)25-22-9)24-23-14-7-12(20)13(8-15(14)28-2)21-17(26)10-3-5-11(19)6-4-10/h3-8H,1-2H3,(H,21,26)(H2,22,25,27). The molecule has 1 aromatic heterocycles. The summed E-state index contributed by atoms with van der Waals surface area (Å²) in [5, 5.41) is 16.5. The molecule has 0 unspecified atom stereocenters. The van der Waals surface area contributed by atoms with E-state index in [2.05, 4.69) is 25.7 Å². The molecule has 0 aliphatic carbocycles. The van der Waals surface area contributed by atoms with Crippen molar-refractivity contribution >= 4 is 46.2 Å². The van der Waals surface area contributed by atoms with E-state index in [1.54, 1.807) is 31.2 Å². The minimum Gasteiger partial charge on any atom is -0.494 e. The highest BCUT2D eigenvalue weighted by Gasteiger charge is 2.14. The topological polar surface area (TPSA) is 112 Å². The lowest BCUT2D eigenvalue weighted by atomic mass is 10.2. The van der Waals surface area contributed by atoms with Crippen molar-refractivity contribution in [2.45, 2.75) is 6.92 Å².